The first-order valence-corrected chi connectivity index (χ1v) is 21.7. The molecule has 0 radical (unpaired) electrons. The number of carbonyl (C=O) groups is 4. The molecule has 2 amide bonds. The number of carbonyl (C=O) groups excluding carboxylic acids is 2. The van der Waals surface area contributed by atoms with Crippen LogP contribution in [0.15, 0.2) is 98.1 Å². The molecule has 70 heavy (non-hydrogen) atoms. The van der Waals surface area contributed by atoms with Crippen LogP contribution in [0, 0.1) is 11.8 Å². The third-order valence-electron chi connectivity index (χ3n) is 9.99. The molecule has 6 aromatic rings. The number of aliphatic carboxylic acids is 2. The van der Waals surface area contributed by atoms with Crippen LogP contribution in [-0.4, -0.2) is 86.6 Å². The maximum Gasteiger partial charge on any atom is 0.419 e. The number of aromatic nitrogens is 8. The van der Waals surface area contributed by atoms with E-state index in [9.17, 15) is 45.5 Å². The molecule has 372 valence electrons. The van der Waals surface area contributed by atoms with Crippen molar-refractivity contribution in [1.82, 2.24) is 50.1 Å². The average Bonchev–Trinajstić information content (AvgIpc) is 4.02. The number of amides is 2. The Morgan fingerprint density at radius 1 is 0.543 bits per heavy atom. The third kappa shape index (κ3) is 16.1. The van der Waals surface area contributed by atoms with Crippen LogP contribution in [0.5, 0.6) is 0 Å². The Labute approximate surface area is 397 Å². The van der Waals surface area contributed by atoms with Crippen LogP contribution in [-0.2, 0) is 21.9 Å². The van der Waals surface area contributed by atoms with E-state index in [-0.39, 0.29) is 49.7 Å². The summed E-state index contributed by atoms with van der Waals surface area (Å²) < 4.78 is 79.2. The molecule has 6 rings (SSSR count). The molecule has 0 unspecified atom stereocenters. The van der Waals surface area contributed by atoms with E-state index >= 15 is 0 Å². The average molecular weight is 981 g/mol. The number of nitrogens with one attached hydrogen (secondary N) is 4. The quantitative estimate of drug-likeness (QED) is 0.0396. The summed E-state index contributed by atoms with van der Waals surface area (Å²) in [5.74, 6) is -0.680. The molecule has 0 spiro atoms. The van der Waals surface area contributed by atoms with E-state index in [4.69, 9.17) is 10.2 Å². The van der Waals surface area contributed by atoms with Crippen LogP contribution < -0.4 is 21.3 Å². The molecule has 18 nitrogen and oxygen atoms in total. The van der Waals surface area contributed by atoms with Crippen LogP contribution >= 0.6 is 0 Å². The lowest BCUT2D eigenvalue weighted by molar-refractivity contribution is -0.138. The zero-order chi connectivity index (χ0) is 51.2. The fourth-order valence-corrected chi connectivity index (χ4v) is 6.52. The third-order valence-corrected chi connectivity index (χ3v) is 9.99. The number of carboxylic acids is 2. The molecule has 0 fully saturated rings. The molecule has 24 heteroatoms. The summed E-state index contributed by atoms with van der Waals surface area (Å²) in [5.41, 5.74) is 0.501. The topological polar surface area (TPSA) is 244 Å². The molecule has 6 N–H and O–H groups in total. The Kier molecular flexibility index (Phi) is 18.1. The highest BCUT2D eigenvalue weighted by molar-refractivity contribution is 5.94. The fourth-order valence-electron chi connectivity index (χ4n) is 6.52. The van der Waals surface area contributed by atoms with Crippen molar-refractivity contribution in [1.29, 1.82) is 0 Å². The number of anilines is 2. The number of rotatable bonds is 20. The predicted molar refractivity (Wildman–Crippen MR) is 242 cm³/mol. The number of hydrogen-bond donors (Lipinski definition) is 6. The molecule has 0 saturated heterocycles. The molecular formula is C46H50F6N12O6. The summed E-state index contributed by atoms with van der Waals surface area (Å²) in [6.07, 6.45) is 1.34. The van der Waals surface area contributed by atoms with Crippen LogP contribution in [0.3, 0.4) is 0 Å². The molecule has 2 atom stereocenters. The van der Waals surface area contributed by atoms with Crippen LogP contribution in [0.4, 0.5) is 38.0 Å². The van der Waals surface area contributed by atoms with Gasteiger partial charge in [0.05, 0.1) is 59.6 Å². The molecule has 0 bridgehead atoms. The van der Waals surface area contributed by atoms with Gasteiger partial charge in [-0.15, -0.1) is 0 Å². The molecule has 0 aliphatic rings. The summed E-state index contributed by atoms with van der Waals surface area (Å²) in [6.45, 7) is 8.24. The molecule has 6 heterocycles. The Morgan fingerprint density at radius 3 is 1.20 bits per heavy atom. The van der Waals surface area contributed by atoms with Crippen molar-refractivity contribution in [3.63, 3.8) is 0 Å². The maximum atomic E-state index is 12.8. The summed E-state index contributed by atoms with van der Waals surface area (Å²) in [5, 5.41) is 36.4. The number of carboxylic acid groups (broad SMARTS) is 2. The van der Waals surface area contributed by atoms with Gasteiger partial charge in [-0.1, -0.05) is 39.8 Å². The van der Waals surface area contributed by atoms with Gasteiger partial charge in [-0.2, -0.15) is 36.5 Å². The number of halogens is 6. The van der Waals surface area contributed by atoms with Crippen molar-refractivity contribution in [2.45, 2.75) is 77.8 Å². The Balaban J connectivity index is 0.000000261. The molecule has 0 saturated carbocycles. The number of alkyl halides is 6. The smallest absolute Gasteiger partial charge is 0.419 e. The van der Waals surface area contributed by atoms with Crippen molar-refractivity contribution < 1.29 is 55.7 Å². The van der Waals surface area contributed by atoms with Gasteiger partial charge in [-0.25, -0.2) is 29.3 Å². The maximum absolute atomic E-state index is 12.8. The minimum Gasteiger partial charge on any atom is -0.481 e. The van der Waals surface area contributed by atoms with Crippen molar-refractivity contribution in [2.75, 3.05) is 23.7 Å². The highest BCUT2D eigenvalue weighted by Gasteiger charge is 2.33. The zero-order valence-electron chi connectivity index (χ0n) is 38.2. The first-order chi connectivity index (χ1) is 33.0. The summed E-state index contributed by atoms with van der Waals surface area (Å²) >= 11 is 0. The molecule has 0 aliphatic heterocycles. The van der Waals surface area contributed by atoms with Crippen molar-refractivity contribution in [3.05, 3.63) is 131 Å². The van der Waals surface area contributed by atoms with Crippen molar-refractivity contribution >= 4 is 35.4 Å². The normalized spacial score (nSPS) is 12.4. The second kappa shape index (κ2) is 23.9. The fraction of sp³-hybridized carbons (Fsp3) is 0.348. The van der Waals surface area contributed by atoms with E-state index in [0.717, 1.165) is 58.1 Å². The van der Waals surface area contributed by atoms with E-state index < -0.39 is 47.2 Å². The Bertz CT molecular complexity index is 2470. The van der Waals surface area contributed by atoms with Gasteiger partial charge >= 0.3 is 24.3 Å². The van der Waals surface area contributed by atoms with Gasteiger partial charge in [-0.3, -0.25) is 19.2 Å². The zero-order valence-corrected chi connectivity index (χ0v) is 38.2. The van der Waals surface area contributed by atoms with Crippen molar-refractivity contribution in [3.8, 4) is 11.6 Å². The van der Waals surface area contributed by atoms with E-state index in [2.05, 4.69) is 79.1 Å². The number of nitrogens with zero attached hydrogens (tertiary/aromatic N) is 8. The largest absolute Gasteiger partial charge is 0.481 e. The SMILES string of the molecule is CC(C)C[C@@H](Nc1ccc(C(=O)NCCC(=O)O)cn1)c1ccc(-n2cc(C(F)(F)F)cn2)nc1.CC(C)C[C@H](Nc1ccc(C(=O)NCCC(=O)O)cn1)c1ccc(-n2cc(C(F)(F)F)cn2)nc1. The first kappa shape index (κ1) is 53.0. The first-order valence-electron chi connectivity index (χ1n) is 21.7. The van der Waals surface area contributed by atoms with Crippen LogP contribution in [0.1, 0.15) is 108 Å². The Morgan fingerprint density at radius 2 is 0.929 bits per heavy atom. The van der Waals surface area contributed by atoms with E-state index in [1.54, 1.807) is 60.9 Å². The van der Waals surface area contributed by atoms with E-state index in [0.29, 0.717) is 34.6 Å². The minimum atomic E-state index is -4.48. The highest BCUT2D eigenvalue weighted by atomic mass is 19.4. The highest BCUT2D eigenvalue weighted by Crippen LogP contribution is 2.31. The van der Waals surface area contributed by atoms with Crippen LogP contribution in [0.25, 0.3) is 11.6 Å². The van der Waals surface area contributed by atoms with Gasteiger partial charge in [0.25, 0.3) is 11.8 Å². The van der Waals surface area contributed by atoms with Crippen molar-refractivity contribution in [2.24, 2.45) is 11.8 Å². The number of hydrogen-bond acceptors (Lipinski definition) is 12. The number of pyridine rings is 4. The standard InChI is InChI=1S/2C23H25F3N6O3/c2*1-14(2)9-18(31-19-5-3-16(11-28-19)22(35)27-8-7-21(33)34)15-4-6-20(29-10-15)32-13-17(12-30-32)23(24,25)26/h2*3-6,10-14,18H,7-9H2,1-2H3,(H,27,35)(H,28,31)(H,33,34)/t2*18-/m10/s1. The molecule has 6 aromatic heterocycles. The second-order valence-corrected chi connectivity index (χ2v) is 16.6. The second-order valence-electron chi connectivity index (χ2n) is 16.6. The van der Waals surface area contributed by atoms with Gasteiger partial charge < -0.3 is 31.5 Å². The van der Waals surface area contributed by atoms with Gasteiger partial charge in [0, 0.05) is 50.3 Å². The van der Waals surface area contributed by atoms with Gasteiger partial charge in [0.2, 0.25) is 0 Å². The van der Waals surface area contributed by atoms with Crippen LogP contribution in [0.2, 0.25) is 0 Å². The lowest BCUT2D eigenvalue weighted by atomic mass is 9.98. The Hall–Kier alpha value is -7.92. The van der Waals surface area contributed by atoms with Gasteiger partial charge in [-0.05, 0) is 72.2 Å². The van der Waals surface area contributed by atoms with E-state index in [1.165, 1.54) is 12.4 Å². The molecule has 0 aliphatic carbocycles. The summed E-state index contributed by atoms with van der Waals surface area (Å²) in [4.78, 5) is 62.4. The molecule has 0 aromatic carbocycles. The monoisotopic (exact) mass is 980 g/mol. The lowest BCUT2D eigenvalue weighted by Gasteiger charge is -2.22. The summed E-state index contributed by atoms with van der Waals surface area (Å²) in [6, 6.07) is 12.8. The molecular weight excluding hydrogens is 931 g/mol. The minimum absolute atomic E-state index is 0.0175. The predicted octanol–water partition coefficient (Wildman–Crippen LogP) is 8.17. The lowest BCUT2D eigenvalue weighted by Crippen LogP contribution is -2.26. The van der Waals surface area contributed by atoms with E-state index in [1.807, 2.05) is 0 Å². The van der Waals surface area contributed by atoms with Gasteiger partial charge in [0.1, 0.15) is 11.6 Å². The van der Waals surface area contributed by atoms with Gasteiger partial charge in [0.15, 0.2) is 11.6 Å². The summed E-state index contributed by atoms with van der Waals surface area (Å²) in [7, 11) is 0.